The van der Waals surface area contributed by atoms with Gasteiger partial charge in [0.2, 0.25) is 0 Å². The minimum absolute atomic E-state index is 0.0924. The van der Waals surface area contributed by atoms with Gasteiger partial charge in [-0.3, -0.25) is 4.79 Å². The van der Waals surface area contributed by atoms with Crippen LogP contribution in [0, 0.1) is 6.92 Å². The summed E-state index contributed by atoms with van der Waals surface area (Å²) >= 11 is 0. The fourth-order valence-corrected chi connectivity index (χ4v) is 4.00. The Kier molecular flexibility index (Phi) is 7.76. The Morgan fingerprint density at radius 2 is 1.79 bits per heavy atom. The first-order valence-corrected chi connectivity index (χ1v) is 11.8. The molecule has 1 aromatic heterocycles. The molecule has 0 bridgehead atoms. The number of allylic oxidation sites excluding steroid dienone is 1. The van der Waals surface area contributed by atoms with Crippen molar-refractivity contribution in [2.24, 2.45) is 0 Å². The Morgan fingerprint density at radius 1 is 1.03 bits per heavy atom. The van der Waals surface area contributed by atoms with Crippen molar-refractivity contribution in [2.45, 2.75) is 39.3 Å². The van der Waals surface area contributed by atoms with Crippen molar-refractivity contribution in [3.8, 4) is 5.75 Å². The maximum Gasteiger partial charge on any atom is 0.251 e. The van der Waals surface area contributed by atoms with Crippen LogP contribution in [-0.4, -0.2) is 22.1 Å². The highest BCUT2D eigenvalue weighted by molar-refractivity contribution is 5.94. The second kappa shape index (κ2) is 11.3. The van der Waals surface area contributed by atoms with Gasteiger partial charge in [0.05, 0.1) is 24.2 Å². The van der Waals surface area contributed by atoms with Gasteiger partial charge in [-0.2, -0.15) is 0 Å². The van der Waals surface area contributed by atoms with Crippen molar-refractivity contribution in [2.75, 3.05) is 6.61 Å². The molecule has 0 aliphatic heterocycles. The topological polar surface area (TPSA) is 56.1 Å². The van der Waals surface area contributed by atoms with E-state index in [1.807, 2.05) is 73.7 Å². The smallest absolute Gasteiger partial charge is 0.251 e. The van der Waals surface area contributed by atoms with Crippen LogP contribution in [0.2, 0.25) is 0 Å². The number of hydrogen-bond donors (Lipinski definition) is 1. The number of fused-ring (bicyclic) bond motifs is 1. The molecule has 0 unspecified atom stereocenters. The van der Waals surface area contributed by atoms with Gasteiger partial charge in [0.1, 0.15) is 11.6 Å². The number of rotatable bonds is 11. The maximum absolute atomic E-state index is 12.6. The molecule has 0 saturated carbocycles. The highest BCUT2D eigenvalue weighted by Crippen LogP contribution is 2.20. The van der Waals surface area contributed by atoms with Gasteiger partial charge < -0.3 is 14.6 Å². The lowest BCUT2D eigenvalue weighted by Gasteiger charge is -2.12. The molecule has 0 fully saturated rings. The van der Waals surface area contributed by atoms with Gasteiger partial charge in [-0.15, -0.1) is 6.58 Å². The fraction of sp³-hybridized carbons (Fsp3) is 0.241. The third-order valence-corrected chi connectivity index (χ3v) is 5.82. The number of nitrogens with one attached hydrogen (secondary N) is 1. The first-order valence-electron chi connectivity index (χ1n) is 11.8. The molecule has 4 rings (SSSR count). The van der Waals surface area contributed by atoms with E-state index in [9.17, 15) is 4.79 Å². The molecule has 0 spiro atoms. The summed E-state index contributed by atoms with van der Waals surface area (Å²) in [7, 11) is 0. The maximum atomic E-state index is 12.6. The number of amides is 1. The molecule has 3 aromatic carbocycles. The Morgan fingerprint density at radius 3 is 2.62 bits per heavy atom. The van der Waals surface area contributed by atoms with Gasteiger partial charge in [-0.1, -0.05) is 54.1 Å². The summed E-state index contributed by atoms with van der Waals surface area (Å²) in [6, 6.07) is 23.8. The Hall–Kier alpha value is -3.86. The molecular weight excluding hydrogens is 422 g/mol. The molecule has 0 atom stereocenters. The molecule has 1 amide bonds. The van der Waals surface area contributed by atoms with Crippen molar-refractivity contribution in [1.82, 2.24) is 14.9 Å². The summed E-state index contributed by atoms with van der Waals surface area (Å²) in [6.45, 7) is 7.68. The van der Waals surface area contributed by atoms with Crippen LogP contribution < -0.4 is 10.1 Å². The van der Waals surface area contributed by atoms with Gasteiger partial charge in [-0.05, 0) is 62.1 Å². The number of nitrogens with zero attached hydrogens (tertiary/aromatic N) is 2. The minimum atomic E-state index is -0.0924. The standard InChI is InChI=1S/C29H31N3O2/c1-3-10-23-11-4-7-14-27(23)34-20-9-8-19-32-26-13-6-5-12-25(26)31-28(32)21-30-29(33)24-17-15-22(2)16-18-24/h3-7,11-18H,1,8-10,19-21H2,2H3,(H,30,33). The van der Waals surface area contributed by atoms with E-state index in [1.54, 1.807) is 0 Å². The number of hydrogen-bond acceptors (Lipinski definition) is 3. The van der Waals surface area contributed by atoms with E-state index in [1.165, 1.54) is 0 Å². The van der Waals surface area contributed by atoms with E-state index in [0.29, 0.717) is 18.7 Å². The van der Waals surface area contributed by atoms with E-state index in [-0.39, 0.29) is 5.91 Å². The Labute approximate surface area is 201 Å². The summed E-state index contributed by atoms with van der Waals surface area (Å²) in [5, 5.41) is 3.02. The summed E-state index contributed by atoms with van der Waals surface area (Å²) in [5.41, 5.74) is 4.97. The summed E-state index contributed by atoms with van der Waals surface area (Å²) < 4.78 is 8.24. The molecule has 4 aromatic rings. The van der Waals surface area contributed by atoms with Crippen LogP contribution in [-0.2, 0) is 19.5 Å². The van der Waals surface area contributed by atoms with Crippen LogP contribution in [0.15, 0.2) is 85.5 Å². The van der Waals surface area contributed by atoms with Crippen LogP contribution >= 0.6 is 0 Å². The van der Waals surface area contributed by atoms with E-state index in [2.05, 4.69) is 28.6 Å². The number of ether oxygens (including phenoxy) is 1. The third-order valence-electron chi connectivity index (χ3n) is 5.82. The lowest BCUT2D eigenvalue weighted by atomic mass is 10.1. The molecule has 1 heterocycles. The molecular formula is C29H31N3O2. The third kappa shape index (κ3) is 5.73. The predicted molar refractivity (Wildman–Crippen MR) is 137 cm³/mol. The molecule has 174 valence electrons. The average molecular weight is 454 g/mol. The van der Waals surface area contributed by atoms with Gasteiger partial charge in [-0.25, -0.2) is 4.98 Å². The number of para-hydroxylation sites is 3. The van der Waals surface area contributed by atoms with Crippen molar-refractivity contribution in [3.05, 3.63) is 108 Å². The van der Waals surface area contributed by atoms with Gasteiger partial charge in [0, 0.05) is 12.1 Å². The zero-order valence-electron chi connectivity index (χ0n) is 19.7. The second-order valence-corrected chi connectivity index (χ2v) is 8.37. The summed E-state index contributed by atoms with van der Waals surface area (Å²) in [6.07, 6.45) is 4.56. The second-order valence-electron chi connectivity index (χ2n) is 8.37. The number of carbonyl (C=O) groups is 1. The molecule has 0 aliphatic carbocycles. The van der Waals surface area contributed by atoms with E-state index >= 15 is 0 Å². The van der Waals surface area contributed by atoms with Crippen LogP contribution in [0.3, 0.4) is 0 Å². The van der Waals surface area contributed by atoms with Crippen LogP contribution in [0.5, 0.6) is 5.75 Å². The van der Waals surface area contributed by atoms with Gasteiger partial charge in [0.25, 0.3) is 5.91 Å². The van der Waals surface area contributed by atoms with E-state index in [4.69, 9.17) is 9.72 Å². The molecule has 34 heavy (non-hydrogen) atoms. The monoisotopic (exact) mass is 453 g/mol. The molecule has 5 heteroatoms. The Balaban J connectivity index is 1.37. The number of imidazole rings is 1. The first-order chi connectivity index (χ1) is 16.7. The van der Waals surface area contributed by atoms with Gasteiger partial charge >= 0.3 is 0 Å². The Bertz CT molecular complexity index is 1260. The van der Waals surface area contributed by atoms with Crippen molar-refractivity contribution in [3.63, 3.8) is 0 Å². The number of unbranched alkanes of at least 4 members (excludes halogenated alkanes) is 1. The highest BCUT2D eigenvalue weighted by atomic mass is 16.5. The zero-order valence-corrected chi connectivity index (χ0v) is 19.7. The first kappa shape index (κ1) is 23.3. The van der Waals surface area contributed by atoms with Crippen LogP contribution in [0.1, 0.15) is 40.2 Å². The molecule has 0 aliphatic rings. The number of benzene rings is 3. The van der Waals surface area contributed by atoms with Crippen molar-refractivity contribution < 1.29 is 9.53 Å². The fourth-order valence-electron chi connectivity index (χ4n) is 4.00. The number of aromatic nitrogens is 2. The lowest BCUT2D eigenvalue weighted by molar-refractivity contribution is 0.0949. The molecule has 0 saturated heterocycles. The van der Waals surface area contributed by atoms with E-state index < -0.39 is 0 Å². The number of carbonyl (C=O) groups excluding carboxylic acids is 1. The van der Waals surface area contributed by atoms with Gasteiger partial charge in [0.15, 0.2) is 0 Å². The zero-order chi connectivity index (χ0) is 23.8. The van der Waals surface area contributed by atoms with E-state index in [0.717, 1.165) is 59.5 Å². The normalized spacial score (nSPS) is 10.9. The van der Waals surface area contributed by atoms with Crippen LogP contribution in [0.4, 0.5) is 0 Å². The number of aryl methyl sites for hydroxylation is 2. The molecule has 5 nitrogen and oxygen atoms in total. The largest absolute Gasteiger partial charge is 0.493 e. The summed E-state index contributed by atoms with van der Waals surface area (Å²) in [4.78, 5) is 17.4. The lowest BCUT2D eigenvalue weighted by Crippen LogP contribution is -2.24. The van der Waals surface area contributed by atoms with Crippen molar-refractivity contribution in [1.29, 1.82) is 0 Å². The molecule has 1 N–H and O–H groups in total. The molecule has 0 radical (unpaired) electrons. The highest BCUT2D eigenvalue weighted by Gasteiger charge is 2.12. The quantitative estimate of drug-likeness (QED) is 0.228. The van der Waals surface area contributed by atoms with Crippen molar-refractivity contribution >= 4 is 16.9 Å². The van der Waals surface area contributed by atoms with Crippen LogP contribution in [0.25, 0.3) is 11.0 Å². The predicted octanol–water partition coefficient (Wildman–Crippen LogP) is 5.86. The summed E-state index contributed by atoms with van der Waals surface area (Å²) in [5.74, 6) is 1.69. The SMILES string of the molecule is C=CCc1ccccc1OCCCCn1c(CNC(=O)c2ccc(C)cc2)nc2ccccc21. The average Bonchev–Trinajstić information content (AvgIpc) is 3.21. The minimum Gasteiger partial charge on any atom is -0.493 e.